The second-order valence-corrected chi connectivity index (χ2v) is 6.31. The molecule has 0 saturated carbocycles. The Morgan fingerprint density at radius 3 is 1.47 bits per heavy atom. The number of carbonyl (C=O) groups is 1. The van der Waals surface area contributed by atoms with Crippen molar-refractivity contribution in [2.75, 3.05) is 0 Å². The molecule has 0 spiro atoms. The minimum absolute atomic E-state index is 0.471. The summed E-state index contributed by atoms with van der Waals surface area (Å²) in [4.78, 5) is 11.6. The Balaban J connectivity index is 2.64. The average Bonchev–Trinajstić information content (AvgIpc) is 2.39. The van der Waals surface area contributed by atoms with Crippen molar-refractivity contribution in [2.24, 2.45) is 5.73 Å². The number of primary amides is 1. The molecule has 0 heterocycles. The maximum absolute atomic E-state index is 12.8. The van der Waals surface area contributed by atoms with Gasteiger partial charge < -0.3 is 10.3 Å². The minimum atomic E-state index is -3.36. The molecule has 0 aliphatic heterocycles. The third-order valence-electron chi connectivity index (χ3n) is 2.55. The summed E-state index contributed by atoms with van der Waals surface area (Å²) in [7, 11) is -3.36. The Hall–Kier alpha value is -1.86. The number of nitrogens with two attached hydrogens (primary N) is 1. The van der Waals surface area contributed by atoms with Crippen molar-refractivity contribution in [1.29, 1.82) is 0 Å². The number of rotatable bonds is 3. The van der Waals surface area contributed by atoms with Gasteiger partial charge in [0.25, 0.3) is 5.65 Å². The molecule has 2 aromatic carbocycles. The van der Waals surface area contributed by atoms with E-state index in [1.807, 2.05) is 0 Å². The molecule has 2 N–H and O–H groups in total. The molecule has 1 amide bonds. The normalized spacial score (nSPS) is 11.1. The maximum atomic E-state index is 12.8. The number of hydrogen-bond acceptors (Lipinski definition) is 2. The molecule has 0 aliphatic carbocycles. The molecule has 86 valence electrons. The van der Waals surface area contributed by atoms with E-state index in [2.05, 4.69) is 0 Å². The number of carbonyl (C=O) groups excluding carboxylic acids is 1. The molecule has 2 aromatic rings. The summed E-state index contributed by atoms with van der Waals surface area (Å²) in [6.45, 7) is 0. The van der Waals surface area contributed by atoms with Crippen LogP contribution in [0.25, 0.3) is 0 Å². The third-order valence-corrected chi connectivity index (χ3v) is 5.22. The minimum Gasteiger partial charge on any atom is -0.363 e. The van der Waals surface area contributed by atoms with Crippen LogP contribution in [0.3, 0.4) is 0 Å². The quantitative estimate of drug-likeness (QED) is 0.841. The fourth-order valence-corrected chi connectivity index (χ4v) is 3.67. The molecule has 0 atom stereocenters. The van der Waals surface area contributed by atoms with Crippen LogP contribution in [0.2, 0.25) is 0 Å². The van der Waals surface area contributed by atoms with E-state index >= 15 is 0 Å². The van der Waals surface area contributed by atoms with E-state index in [0.29, 0.717) is 10.6 Å². The van der Waals surface area contributed by atoms with E-state index in [1.165, 1.54) is 0 Å². The lowest BCUT2D eigenvalue weighted by Gasteiger charge is -2.14. The molecule has 17 heavy (non-hydrogen) atoms. The molecule has 0 unspecified atom stereocenters. The van der Waals surface area contributed by atoms with Gasteiger partial charge in [0.1, 0.15) is 0 Å². The van der Waals surface area contributed by atoms with Crippen molar-refractivity contribution in [3.05, 3.63) is 60.7 Å². The SMILES string of the molecule is NC(=O)P(=O)(c1ccccc1)c1ccccc1. The summed E-state index contributed by atoms with van der Waals surface area (Å²) in [6, 6.07) is 17.2. The molecule has 0 fully saturated rings. The van der Waals surface area contributed by atoms with Gasteiger partial charge in [0.2, 0.25) is 7.14 Å². The van der Waals surface area contributed by atoms with Crippen molar-refractivity contribution in [2.45, 2.75) is 0 Å². The van der Waals surface area contributed by atoms with Crippen LogP contribution >= 0.6 is 7.14 Å². The summed E-state index contributed by atoms with van der Waals surface area (Å²) < 4.78 is 12.8. The first-order chi connectivity index (χ1) is 8.15. The lowest BCUT2D eigenvalue weighted by molar-refractivity contribution is 0.265. The zero-order valence-corrected chi connectivity index (χ0v) is 10.0. The molecule has 0 bridgehead atoms. The van der Waals surface area contributed by atoms with Crippen LogP contribution in [0, 0.1) is 0 Å². The van der Waals surface area contributed by atoms with E-state index in [-0.39, 0.29) is 0 Å². The van der Waals surface area contributed by atoms with Crippen LogP contribution in [0.5, 0.6) is 0 Å². The van der Waals surface area contributed by atoms with Crippen LogP contribution in [-0.2, 0) is 4.57 Å². The highest BCUT2D eigenvalue weighted by Crippen LogP contribution is 2.42. The van der Waals surface area contributed by atoms with Gasteiger partial charge in [-0.2, -0.15) is 0 Å². The van der Waals surface area contributed by atoms with E-state index in [4.69, 9.17) is 5.73 Å². The predicted molar refractivity (Wildman–Crippen MR) is 69.3 cm³/mol. The first-order valence-electron chi connectivity index (χ1n) is 5.17. The topological polar surface area (TPSA) is 60.2 Å². The summed E-state index contributed by atoms with van der Waals surface area (Å²) in [5.41, 5.74) is 4.55. The molecular formula is C13H12NO2P. The second-order valence-electron chi connectivity index (χ2n) is 3.62. The lowest BCUT2D eigenvalue weighted by atomic mass is 10.4. The van der Waals surface area contributed by atoms with Crippen molar-refractivity contribution in [3.8, 4) is 0 Å². The van der Waals surface area contributed by atoms with E-state index in [9.17, 15) is 9.36 Å². The molecule has 0 saturated heterocycles. The van der Waals surface area contributed by atoms with Crippen molar-refractivity contribution >= 4 is 23.4 Å². The first-order valence-corrected chi connectivity index (χ1v) is 6.87. The predicted octanol–water partition coefficient (Wildman–Crippen LogP) is 2.08. The molecule has 0 radical (unpaired) electrons. The van der Waals surface area contributed by atoms with E-state index < -0.39 is 12.8 Å². The highest BCUT2D eigenvalue weighted by atomic mass is 31.2. The van der Waals surface area contributed by atoms with Gasteiger partial charge >= 0.3 is 0 Å². The van der Waals surface area contributed by atoms with Crippen LogP contribution in [-0.4, -0.2) is 5.65 Å². The van der Waals surface area contributed by atoms with Gasteiger partial charge in [-0.05, 0) is 0 Å². The van der Waals surface area contributed by atoms with Crippen LogP contribution in [0.15, 0.2) is 60.7 Å². The highest BCUT2D eigenvalue weighted by molar-refractivity contribution is 7.92. The second kappa shape index (κ2) is 4.56. The van der Waals surface area contributed by atoms with Crippen LogP contribution in [0.1, 0.15) is 0 Å². The Kier molecular flexibility index (Phi) is 3.12. The van der Waals surface area contributed by atoms with Gasteiger partial charge in [0.05, 0.1) is 0 Å². The third kappa shape index (κ3) is 2.02. The summed E-state index contributed by atoms with van der Waals surface area (Å²) >= 11 is 0. The average molecular weight is 245 g/mol. The first kappa shape index (κ1) is 11.6. The summed E-state index contributed by atoms with van der Waals surface area (Å²) in [5, 5.41) is 0.942. The van der Waals surface area contributed by atoms with Crippen molar-refractivity contribution in [3.63, 3.8) is 0 Å². The number of hydrogen-bond donors (Lipinski definition) is 1. The largest absolute Gasteiger partial charge is 0.363 e. The van der Waals surface area contributed by atoms with Crippen LogP contribution < -0.4 is 16.3 Å². The number of benzene rings is 2. The zero-order chi connectivity index (χ0) is 12.3. The van der Waals surface area contributed by atoms with Crippen molar-refractivity contribution < 1.29 is 9.36 Å². The Morgan fingerprint density at radius 2 is 1.18 bits per heavy atom. The molecular weight excluding hydrogens is 233 g/mol. The Bertz CT molecular complexity index is 523. The number of amides is 1. The highest BCUT2D eigenvalue weighted by Gasteiger charge is 2.33. The molecule has 0 aliphatic rings. The van der Waals surface area contributed by atoms with Crippen LogP contribution in [0.4, 0.5) is 4.79 Å². The van der Waals surface area contributed by atoms with Gasteiger partial charge in [0.15, 0.2) is 0 Å². The van der Waals surface area contributed by atoms with Gasteiger partial charge in [-0.15, -0.1) is 0 Å². The van der Waals surface area contributed by atoms with Gasteiger partial charge in [-0.25, -0.2) is 0 Å². The van der Waals surface area contributed by atoms with Gasteiger partial charge in [-0.1, -0.05) is 60.7 Å². The van der Waals surface area contributed by atoms with Crippen molar-refractivity contribution in [1.82, 2.24) is 0 Å². The Labute approximate surface area is 99.6 Å². The Morgan fingerprint density at radius 1 is 0.824 bits per heavy atom. The fourth-order valence-electron chi connectivity index (χ4n) is 1.68. The summed E-state index contributed by atoms with van der Waals surface area (Å²) in [6.07, 6.45) is 0. The maximum Gasteiger partial charge on any atom is 0.285 e. The molecule has 3 nitrogen and oxygen atoms in total. The molecule has 0 aromatic heterocycles. The smallest absolute Gasteiger partial charge is 0.285 e. The fraction of sp³-hybridized carbons (Fsp3) is 0. The van der Waals surface area contributed by atoms with E-state index in [1.54, 1.807) is 60.7 Å². The lowest BCUT2D eigenvalue weighted by Crippen LogP contribution is -2.26. The monoisotopic (exact) mass is 245 g/mol. The molecule has 4 heteroatoms. The standard InChI is InChI=1S/C13H12NO2P/c14-13(15)17(16,11-7-3-1-4-8-11)12-9-5-2-6-10-12/h1-10H,(H2,14,15). The molecule has 2 rings (SSSR count). The van der Waals surface area contributed by atoms with Gasteiger partial charge in [0, 0.05) is 10.6 Å². The summed E-state index contributed by atoms with van der Waals surface area (Å²) in [5.74, 6) is 0. The zero-order valence-electron chi connectivity index (χ0n) is 9.11. The van der Waals surface area contributed by atoms with E-state index in [0.717, 1.165) is 0 Å². The van der Waals surface area contributed by atoms with Gasteiger partial charge in [-0.3, -0.25) is 4.79 Å².